The van der Waals surface area contributed by atoms with Crippen LogP contribution in [0.1, 0.15) is 11.1 Å². The summed E-state index contributed by atoms with van der Waals surface area (Å²) in [5, 5.41) is 2.82. The first-order chi connectivity index (χ1) is 13.8. The van der Waals surface area contributed by atoms with Crippen molar-refractivity contribution in [2.75, 3.05) is 16.2 Å². The molecule has 3 rings (SSSR count). The van der Waals surface area contributed by atoms with Crippen LogP contribution in [0.3, 0.4) is 0 Å². The first-order valence-corrected chi connectivity index (χ1v) is 11.2. The fourth-order valence-corrected chi connectivity index (χ4v) is 4.76. The molecule has 0 aromatic heterocycles. The van der Waals surface area contributed by atoms with E-state index in [9.17, 15) is 13.2 Å². The van der Waals surface area contributed by atoms with Crippen LogP contribution in [-0.2, 0) is 14.8 Å². The van der Waals surface area contributed by atoms with Gasteiger partial charge in [-0.2, -0.15) is 0 Å². The van der Waals surface area contributed by atoms with Crippen LogP contribution in [0.2, 0.25) is 0 Å². The molecule has 7 heteroatoms. The summed E-state index contributed by atoms with van der Waals surface area (Å²) < 4.78 is 28.4. The fourth-order valence-electron chi connectivity index (χ4n) is 2.94. The third kappa shape index (κ3) is 5.05. The van der Waals surface area contributed by atoms with Crippen molar-refractivity contribution in [1.29, 1.82) is 0 Å². The van der Waals surface area contributed by atoms with Crippen molar-refractivity contribution in [3.05, 3.63) is 88.4 Å². The molecule has 0 aliphatic carbocycles. The Morgan fingerprint density at radius 3 is 2.34 bits per heavy atom. The monoisotopic (exact) mass is 472 g/mol. The van der Waals surface area contributed by atoms with Crippen molar-refractivity contribution < 1.29 is 13.2 Å². The Morgan fingerprint density at radius 2 is 1.69 bits per heavy atom. The summed E-state index contributed by atoms with van der Waals surface area (Å²) in [4.78, 5) is 12.9. The normalized spacial score (nSPS) is 11.1. The number of benzene rings is 3. The molecule has 0 saturated carbocycles. The molecule has 0 bridgehead atoms. The molecule has 1 amide bonds. The van der Waals surface area contributed by atoms with E-state index >= 15 is 0 Å². The second kappa shape index (κ2) is 8.80. The van der Waals surface area contributed by atoms with Gasteiger partial charge in [0.1, 0.15) is 6.54 Å². The van der Waals surface area contributed by atoms with Gasteiger partial charge >= 0.3 is 0 Å². The zero-order chi connectivity index (χ0) is 21.0. The van der Waals surface area contributed by atoms with Crippen molar-refractivity contribution in [1.82, 2.24) is 0 Å². The topological polar surface area (TPSA) is 66.5 Å². The van der Waals surface area contributed by atoms with Gasteiger partial charge in [-0.15, -0.1) is 0 Å². The molecule has 5 nitrogen and oxygen atoms in total. The van der Waals surface area contributed by atoms with E-state index in [1.807, 2.05) is 32.0 Å². The average Bonchev–Trinajstić information content (AvgIpc) is 2.69. The molecule has 0 fully saturated rings. The average molecular weight is 473 g/mol. The van der Waals surface area contributed by atoms with Gasteiger partial charge in [-0.3, -0.25) is 9.10 Å². The van der Waals surface area contributed by atoms with Gasteiger partial charge in [0.15, 0.2) is 0 Å². The maximum absolute atomic E-state index is 13.3. The van der Waals surface area contributed by atoms with Crippen LogP contribution in [0, 0.1) is 13.8 Å². The van der Waals surface area contributed by atoms with Gasteiger partial charge in [0, 0.05) is 10.2 Å². The number of hydrogen-bond acceptors (Lipinski definition) is 3. The van der Waals surface area contributed by atoms with Gasteiger partial charge in [0.05, 0.1) is 10.6 Å². The highest BCUT2D eigenvalue weighted by molar-refractivity contribution is 9.10. The third-order valence-corrected chi connectivity index (χ3v) is 6.65. The quantitative estimate of drug-likeness (QED) is 0.554. The van der Waals surface area contributed by atoms with Crippen LogP contribution in [0.15, 0.2) is 82.2 Å². The minimum Gasteiger partial charge on any atom is -0.324 e. The highest BCUT2D eigenvalue weighted by Gasteiger charge is 2.27. The zero-order valence-electron chi connectivity index (χ0n) is 16.1. The van der Waals surface area contributed by atoms with E-state index in [0.717, 1.165) is 19.9 Å². The van der Waals surface area contributed by atoms with E-state index in [4.69, 9.17) is 0 Å². The fraction of sp³-hybridized carbons (Fsp3) is 0.136. The lowest BCUT2D eigenvalue weighted by molar-refractivity contribution is -0.114. The SMILES string of the molecule is Cc1ccc(NC(=O)CN(c2cccc(Br)c2)S(=O)(=O)c2ccccc2)c(C)c1. The minimum absolute atomic E-state index is 0.124. The van der Waals surface area contributed by atoms with Crippen molar-refractivity contribution in [3.8, 4) is 0 Å². The van der Waals surface area contributed by atoms with E-state index in [2.05, 4.69) is 21.2 Å². The predicted octanol–water partition coefficient (Wildman–Crippen LogP) is 4.90. The Kier molecular flexibility index (Phi) is 6.39. The number of carbonyl (C=O) groups excluding carboxylic acids is 1. The van der Waals surface area contributed by atoms with Crippen molar-refractivity contribution in [2.24, 2.45) is 0 Å². The molecule has 0 aliphatic heterocycles. The second-order valence-corrected chi connectivity index (χ2v) is 9.45. The number of amides is 1. The van der Waals surface area contributed by atoms with E-state index in [-0.39, 0.29) is 11.4 Å². The molecule has 1 N–H and O–H groups in total. The molecule has 150 valence electrons. The van der Waals surface area contributed by atoms with Gasteiger partial charge < -0.3 is 5.32 Å². The van der Waals surface area contributed by atoms with Crippen LogP contribution in [0.5, 0.6) is 0 Å². The lowest BCUT2D eigenvalue weighted by Gasteiger charge is -2.24. The number of nitrogens with one attached hydrogen (secondary N) is 1. The largest absolute Gasteiger partial charge is 0.324 e. The molecule has 0 atom stereocenters. The minimum atomic E-state index is -3.92. The summed E-state index contributed by atoms with van der Waals surface area (Å²) in [6.07, 6.45) is 0. The second-order valence-electron chi connectivity index (χ2n) is 6.67. The van der Waals surface area contributed by atoms with Gasteiger partial charge in [0.2, 0.25) is 5.91 Å². The van der Waals surface area contributed by atoms with Gasteiger partial charge in [-0.25, -0.2) is 8.42 Å². The standard InChI is InChI=1S/C22H21BrN2O3S/c1-16-11-12-21(17(2)13-16)24-22(26)15-25(19-8-6-7-18(23)14-19)29(27,28)20-9-4-3-5-10-20/h3-14H,15H2,1-2H3,(H,24,26). The summed E-state index contributed by atoms with van der Waals surface area (Å²) in [7, 11) is -3.92. The number of rotatable bonds is 6. The lowest BCUT2D eigenvalue weighted by atomic mass is 10.1. The Balaban J connectivity index is 1.94. The Labute approximate surface area is 179 Å². The van der Waals surface area contributed by atoms with Gasteiger partial charge in [-0.05, 0) is 55.8 Å². The van der Waals surface area contributed by atoms with E-state index in [0.29, 0.717) is 11.4 Å². The van der Waals surface area contributed by atoms with E-state index in [1.54, 1.807) is 42.5 Å². The first kappa shape index (κ1) is 21.1. The number of sulfonamides is 1. The molecule has 0 spiro atoms. The maximum Gasteiger partial charge on any atom is 0.264 e. The smallest absolute Gasteiger partial charge is 0.264 e. The number of carbonyl (C=O) groups is 1. The molecule has 0 unspecified atom stereocenters. The number of nitrogens with zero attached hydrogens (tertiary/aromatic N) is 1. The van der Waals surface area contributed by atoms with Crippen molar-refractivity contribution in [3.63, 3.8) is 0 Å². The molecule has 29 heavy (non-hydrogen) atoms. The number of hydrogen-bond donors (Lipinski definition) is 1. The molecule has 3 aromatic carbocycles. The summed E-state index contributed by atoms with van der Waals surface area (Å²) in [5.41, 5.74) is 3.06. The molecule has 0 heterocycles. The van der Waals surface area contributed by atoms with Gasteiger partial charge in [-0.1, -0.05) is 57.9 Å². The first-order valence-electron chi connectivity index (χ1n) is 8.98. The molecule has 0 saturated heterocycles. The Morgan fingerprint density at radius 1 is 0.966 bits per heavy atom. The molecule has 3 aromatic rings. The van der Waals surface area contributed by atoms with Crippen LogP contribution in [0.4, 0.5) is 11.4 Å². The van der Waals surface area contributed by atoms with Gasteiger partial charge in [0.25, 0.3) is 10.0 Å². The van der Waals surface area contributed by atoms with Crippen LogP contribution in [0.25, 0.3) is 0 Å². The molecular weight excluding hydrogens is 452 g/mol. The lowest BCUT2D eigenvalue weighted by Crippen LogP contribution is -2.38. The van der Waals surface area contributed by atoms with Crippen LogP contribution < -0.4 is 9.62 Å². The number of anilines is 2. The molecule has 0 radical (unpaired) electrons. The van der Waals surface area contributed by atoms with Crippen molar-refractivity contribution in [2.45, 2.75) is 18.7 Å². The summed E-state index contributed by atoms with van der Waals surface area (Å²) in [5.74, 6) is -0.420. The zero-order valence-corrected chi connectivity index (χ0v) is 18.5. The Bertz CT molecular complexity index is 1130. The highest BCUT2D eigenvalue weighted by atomic mass is 79.9. The molecular formula is C22H21BrN2O3S. The van der Waals surface area contributed by atoms with Crippen LogP contribution in [-0.4, -0.2) is 20.9 Å². The van der Waals surface area contributed by atoms with E-state index < -0.39 is 15.9 Å². The predicted molar refractivity (Wildman–Crippen MR) is 120 cm³/mol. The van der Waals surface area contributed by atoms with Crippen molar-refractivity contribution >= 4 is 43.2 Å². The third-order valence-electron chi connectivity index (χ3n) is 4.37. The highest BCUT2D eigenvalue weighted by Crippen LogP contribution is 2.26. The summed E-state index contributed by atoms with van der Waals surface area (Å²) in [6.45, 7) is 3.52. The summed E-state index contributed by atoms with van der Waals surface area (Å²) >= 11 is 3.37. The van der Waals surface area contributed by atoms with E-state index in [1.165, 1.54) is 12.1 Å². The molecule has 0 aliphatic rings. The summed E-state index contributed by atoms with van der Waals surface area (Å²) in [6, 6.07) is 20.6. The number of halogens is 1. The van der Waals surface area contributed by atoms with Crippen LogP contribution >= 0.6 is 15.9 Å². The maximum atomic E-state index is 13.3. The number of aryl methyl sites for hydroxylation is 2. The Hall–Kier alpha value is -2.64.